The Morgan fingerprint density at radius 1 is 1.35 bits per heavy atom. The standard InChI is InChI=1S/C11H18N2O3S/c1-2-10(14)7-8-13-17(15,16)11-5-3-9(12)4-6-11/h3-6,10,13-14H,2,7-8,12H2,1H3. The number of nitrogen functional groups attached to an aromatic ring is 1. The Kier molecular flexibility index (Phi) is 4.92. The minimum absolute atomic E-state index is 0.178. The van der Waals surface area contributed by atoms with Crippen molar-refractivity contribution in [3.05, 3.63) is 24.3 Å². The summed E-state index contributed by atoms with van der Waals surface area (Å²) in [5.41, 5.74) is 6.00. The van der Waals surface area contributed by atoms with Gasteiger partial charge in [0.25, 0.3) is 0 Å². The van der Waals surface area contributed by atoms with Gasteiger partial charge < -0.3 is 10.8 Å². The Morgan fingerprint density at radius 3 is 2.47 bits per heavy atom. The van der Waals surface area contributed by atoms with Crippen molar-refractivity contribution in [2.24, 2.45) is 0 Å². The summed E-state index contributed by atoms with van der Waals surface area (Å²) in [6, 6.07) is 5.98. The largest absolute Gasteiger partial charge is 0.399 e. The number of aliphatic hydroxyl groups is 1. The van der Waals surface area contributed by atoms with E-state index in [-0.39, 0.29) is 11.4 Å². The molecule has 0 aliphatic heterocycles. The van der Waals surface area contributed by atoms with E-state index in [1.165, 1.54) is 24.3 Å². The first-order chi connectivity index (χ1) is 7.95. The maximum absolute atomic E-state index is 11.8. The number of sulfonamides is 1. The molecule has 1 atom stereocenters. The van der Waals surface area contributed by atoms with Crippen LogP contribution in [0.3, 0.4) is 0 Å². The molecule has 0 saturated carbocycles. The molecular weight excluding hydrogens is 240 g/mol. The summed E-state index contributed by atoms with van der Waals surface area (Å²) >= 11 is 0. The molecule has 6 heteroatoms. The van der Waals surface area contributed by atoms with Crippen LogP contribution in [0, 0.1) is 0 Å². The summed E-state index contributed by atoms with van der Waals surface area (Å²) < 4.78 is 26.0. The molecule has 17 heavy (non-hydrogen) atoms. The number of benzene rings is 1. The smallest absolute Gasteiger partial charge is 0.240 e. The van der Waals surface area contributed by atoms with Gasteiger partial charge in [-0.25, -0.2) is 13.1 Å². The van der Waals surface area contributed by atoms with Gasteiger partial charge in [0.2, 0.25) is 10.0 Å². The highest BCUT2D eigenvalue weighted by Gasteiger charge is 2.13. The van der Waals surface area contributed by atoms with Gasteiger partial charge in [-0.15, -0.1) is 0 Å². The van der Waals surface area contributed by atoms with Crippen LogP contribution in [0.4, 0.5) is 5.69 Å². The third-order valence-electron chi connectivity index (χ3n) is 2.43. The molecule has 0 amide bonds. The van der Waals surface area contributed by atoms with Crippen molar-refractivity contribution in [2.45, 2.75) is 30.8 Å². The summed E-state index contributed by atoms with van der Waals surface area (Å²) in [5.74, 6) is 0. The van der Waals surface area contributed by atoms with E-state index in [1.807, 2.05) is 6.92 Å². The predicted octanol–water partition coefficient (Wildman–Crippen LogP) is 0.708. The average Bonchev–Trinajstić information content (AvgIpc) is 2.29. The van der Waals surface area contributed by atoms with Crippen molar-refractivity contribution in [1.82, 2.24) is 4.72 Å². The molecule has 96 valence electrons. The van der Waals surface area contributed by atoms with E-state index in [1.54, 1.807) is 0 Å². The van der Waals surface area contributed by atoms with E-state index in [2.05, 4.69) is 4.72 Å². The molecule has 0 fully saturated rings. The van der Waals surface area contributed by atoms with Crippen molar-refractivity contribution >= 4 is 15.7 Å². The molecule has 0 spiro atoms. The molecule has 0 aromatic heterocycles. The third-order valence-corrected chi connectivity index (χ3v) is 3.91. The van der Waals surface area contributed by atoms with Crippen molar-refractivity contribution in [3.8, 4) is 0 Å². The molecule has 1 unspecified atom stereocenters. The van der Waals surface area contributed by atoms with Crippen LogP contribution < -0.4 is 10.5 Å². The number of aliphatic hydroxyl groups excluding tert-OH is 1. The zero-order valence-corrected chi connectivity index (χ0v) is 10.6. The van der Waals surface area contributed by atoms with Crippen LogP contribution in [0.1, 0.15) is 19.8 Å². The van der Waals surface area contributed by atoms with Gasteiger partial charge in [-0.05, 0) is 37.1 Å². The van der Waals surface area contributed by atoms with Crippen LogP contribution >= 0.6 is 0 Å². The summed E-state index contributed by atoms with van der Waals surface area (Å²) in [6.45, 7) is 2.07. The number of nitrogens with one attached hydrogen (secondary N) is 1. The van der Waals surface area contributed by atoms with Crippen molar-refractivity contribution in [1.29, 1.82) is 0 Å². The monoisotopic (exact) mass is 258 g/mol. The molecule has 4 N–H and O–H groups in total. The van der Waals surface area contributed by atoms with E-state index in [4.69, 9.17) is 5.73 Å². The van der Waals surface area contributed by atoms with Crippen LogP contribution in [-0.2, 0) is 10.0 Å². The minimum Gasteiger partial charge on any atom is -0.399 e. The highest BCUT2D eigenvalue weighted by atomic mass is 32.2. The van der Waals surface area contributed by atoms with Gasteiger partial charge in [-0.3, -0.25) is 0 Å². The van der Waals surface area contributed by atoms with Crippen molar-refractivity contribution in [2.75, 3.05) is 12.3 Å². The second-order valence-corrected chi connectivity index (χ2v) is 5.58. The lowest BCUT2D eigenvalue weighted by molar-refractivity contribution is 0.162. The van der Waals surface area contributed by atoms with E-state index in [9.17, 15) is 13.5 Å². The Balaban J connectivity index is 2.60. The first-order valence-corrected chi connectivity index (χ1v) is 6.97. The molecule has 1 rings (SSSR count). The Labute approximate surface area is 102 Å². The van der Waals surface area contributed by atoms with Gasteiger partial charge in [0.05, 0.1) is 11.0 Å². The van der Waals surface area contributed by atoms with Gasteiger partial charge in [0.15, 0.2) is 0 Å². The fourth-order valence-corrected chi connectivity index (χ4v) is 2.34. The van der Waals surface area contributed by atoms with Gasteiger partial charge in [-0.2, -0.15) is 0 Å². The molecule has 0 aliphatic carbocycles. The zero-order valence-electron chi connectivity index (χ0n) is 9.76. The second kappa shape index (κ2) is 6.00. The first-order valence-electron chi connectivity index (χ1n) is 5.49. The molecular formula is C11H18N2O3S. The van der Waals surface area contributed by atoms with Crippen LogP contribution in [0.15, 0.2) is 29.2 Å². The normalized spacial score (nSPS) is 13.5. The Morgan fingerprint density at radius 2 is 1.94 bits per heavy atom. The van der Waals surface area contributed by atoms with Crippen LogP contribution in [0.5, 0.6) is 0 Å². The highest BCUT2D eigenvalue weighted by molar-refractivity contribution is 7.89. The molecule has 0 radical (unpaired) electrons. The molecule has 0 aliphatic rings. The number of hydrogen-bond acceptors (Lipinski definition) is 4. The number of hydrogen-bond donors (Lipinski definition) is 3. The molecule has 5 nitrogen and oxygen atoms in total. The summed E-state index contributed by atoms with van der Waals surface area (Å²) in [4.78, 5) is 0.178. The van der Waals surface area contributed by atoms with Crippen molar-refractivity contribution in [3.63, 3.8) is 0 Å². The number of anilines is 1. The van der Waals surface area contributed by atoms with Gasteiger partial charge >= 0.3 is 0 Å². The number of nitrogens with two attached hydrogens (primary N) is 1. The lowest BCUT2D eigenvalue weighted by atomic mass is 10.2. The molecule has 1 aromatic carbocycles. The van der Waals surface area contributed by atoms with E-state index >= 15 is 0 Å². The predicted molar refractivity (Wildman–Crippen MR) is 67.0 cm³/mol. The molecule has 0 saturated heterocycles. The Bertz CT molecular complexity index is 442. The summed E-state index contributed by atoms with van der Waals surface area (Å²) in [5, 5.41) is 9.31. The second-order valence-electron chi connectivity index (χ2n) is 3.82. The number of rotatable bonds is 6. The maximum Gasteiger partial charge on any atom is 0.240 e. The van der Waals surface area contributed by atoms with Gasteiger partial charge in [-0.1, -0.05) is 6.92 Å². The average molecular weight is 258 g/mol. The van der Waals surface area contributed by atoms with Crippen LogP contribution in [0.25, 0.3) is 0 Å². The maximum atomic E-state index is 11.8. The van der Waals surface area contributed by atoms with E-state index in [0.29, 0.717) is 18.5 Å². The quantitative estimate of drug-likeness (QED) is 0.655. The topological polar surface area (TPSA) is 92.4 Å². The summed E-state index contributed by atoms with van der Waals surface area (Å²) in [7, 11) is -3.50. The lowest BCUT2D eigenvalue weighted by Crippen LogP contribution is -2.27. The molecule has 0 bridgehead atoms. The lowest BCUT2D eigenvalue weighted by Gasteiger charge is -2.09. The van der Waals surface area contributed by atoms with Gasteiger partial charge in [0, 0.05) is 12.2 Å². The highest BCUT2D eigenvalue weighted by Crippen LogP contribution is 2.11. The van der Waals surface area contributed by atoms with Crippen LogP contribution in [-0.4, -0.2) is 26.2 Å². The third kappa shape index (κ3) is 4.33. The minimum atomic E-state index is -3.50. The molecule has 0 heterocycles. The fourth-order valence-electron chi connectivity index (χ4n) is 1.29. The van der Waals surface area contributed by atoms with Crippen molar-refractivity contribution < 1.29 is 13.5 Å². The van der Waals surface area contributed by atoms with E-state index in [0.717, 1.165) is 0 Å². The first kappa shape index (κ1) is 14.0. The summed E-state index contributed by atoms with van der Waals surface area (Å²) in [6.07, 6.45) is 0.554. The van der Waals surface area contributed by atoms with Crippen LogP contribution in [0.2, 0.25) is 0 Å². The fraction of sp³-hybridized carbons (Fsp3) is 0.455. The van der Waals surface area contributed by atoms with Gasteiger partial charge in [0.1, 0.15) is 0 Å². The molecule has 1 aromatic rings. The van der Waals surface area contributed by atoms with E-state index < -0.39 is 16.1 Å². The Hall–Kier alpha value is -1.11. The zero-order chi connectivity index (χ0) is 12.9. The SMILES string of the molecule is CCC(O)CCNS(=O)(=O)c1ccc(N)cc1.